The summed E-state index contributed by atoms with van der Waals surface area (Å²) >= 11 is 1.82. The summed E-state index contributed by atoms with van der Waals surface area (Å²) in [6.07, 6.45) is 3.09. The number of rotatable bonds is 7. The molecule has 108 valence electrons. The van der Waals surface area contributed by atoms with Gasteiger partial charge in [-0.3, -0.25) is 0 Å². The van der Waals surface area contributed by atoms with Crippen LogP contribution in [0.2, 0.25) is 0 Å². The SMILES string of the molecule is CCCNC(Cc1ccc(F)cc1)c1sccc1CC. The molecule has 20 heavy (non-hydrogen) atoms. The van der Waals surface area contributed by atoms with E-state index in [-0.39, 0.29) is 5.82 Å². The van der Waals surface area contributed by atoms with E-state index in [0.717, 1.165) is 25.8 Å². The van der Waals surface area contributed by atoms with Crippen LogP contribution in [0.4, 0.5) is 4.39 Å². The molecule has 1 aromatic carbocycles. The highest BCUT2D eigenvalue weighted by atomic mass is 32.1. The van der Waals surface area contributed by atoms with E-state index < -0.39 is 0 Å². The molecule has 1 atom stereocenters. The molecule has 1 unspecified atom stereocenters. The lowest BCUT2D eigenvalue weighted by Crippen LogP contribution is -2.24. The van der Waals surface area contributed by atoms with Gasteiger partial charge in [0.25, 0.3) is 0 Å². The predicted molar refractivity (Wildman–Crippen MR) is 84.8 cm³/mol. The standard InChI is InChI=1S/C17H22FNS/c1-3-10-19-16(17-14(4-2)9-11-20-17)12-13-5-7-15(18)8-6-13/h5-9,11,16,19H,3-4,10,12H2,1-2H3. The first-order chi connectivity index (χ1) is 9.74. The van der Waals surface area contributed by atoms with Crippen LogP contribution >= 0.6 is 11.3 Å². The van der Waals surface area contributed by atoms with Crippen molar-refractivity contribution < 1.29 is 4.39 Å². The van der Waals surface area contributed by atoms with Gasteiger partial charge in [-0.05, 0) is 60.5 Å². The van der Waals surface area contributed by atoms with Crippen molar-refractivity contribution in [2.75, 3.05) is 6.54 Å². The van der Waals surface area contributed by atoms with Crippen molar-refractivity contribution in [2.45, 2.75) is 39.2 Å². The third-order valence-corrected chi connectivity index (χ3v) is 4.54. The zero-order chi connectivity index (χ0) is 14.4. The number of halogens is 1. The van der Waals surface area contributed by atoms with E-state index in [1.54, 1.807) is 12.1 Å². The fraction of sp³-hybridized carbons (Fsp3) is 0.412. The van der Waals surface area contributed by atoms with Gasteiger partial charge in [-0.2, -0.15) is 0 Å². The Morgan fingerprint density at radius 1 is 1.15 bits per heavy atom. The minimum absolute atomic E-state index is 0.169. The fourth-order valence-corrected chi connectivity index (χ4v) is 3.45. The average molecular weight is 291 g/mol. The molecule has 0 fully saturated rings. The van der Waals surface area contributed by atoms with Gasteiger partial charge in [-0.15, -0.1) is 11.3 Å². The van der Waals surface area contributed by atoms with Gasteiger partial charge in [0.1, 0.15) is 5.82 Å². The largest absolute Gasteiger partial charge is 0.309 e. The van der Waals surface area contributed by atoms with Crippen molar-refractivity contribution >= 4 is 11.3 Å². The van der Waals surface area contributed by atoms with Crippen LogP contribution < -0.4 is 5.32 Å². The van der Waals surface area contributed by atoms with E-state index in [2.05, 4.69) is 30.6 Å². The van der Waals surface area contributed by atoms with Crippen molar-refractivity contribution in [3.63, 3.8) is 0 Å². The van der Waals surface area contributed by atoms with Crippen LogP contribution in [0.25, 0.3) is 0 Å². The predicted octanol–water partition coefficient (Wildman–Crippen LogP) is 4.73. The quantitative estimate of drug-likeness (QED) is 0.777. The van der Waals surface area contributed by atoms with Gasteiger partial charge in [0.15, 0.2) is 0 Å². The highest BCUT2D eigenvalue weighted by Gasteiger charge is 2.16. The summed E-state index contributed by atoms with van der Waals surface area (Å²) in [4.78, 5) is 1.42. The van der Waals surface area contributed by atoms with Crippen LogP contribution in [0.3, 0.4) is 0 Å². The maximum atomic E-state index is 13.0. The zero-order valence-electron chi connectivity index (χ0n) is 12.2. The van der Waals surface area contributed by atoms with Crippen LogP contribution in [-0.4, -0.2) is 6.54 Å². The molecule has 0 amide bonds. The van der Waals surface area contributed by atoms with Crippen molar-refractivity contribution in [3.05, 3.63) is 57.5 Å². The van der Waals surface area contributed by atoms with Crippen LogP contribution in [0.1, 0.15) is 42.3 Å². The molecule has 0 spiro atoms. The molecule has 0 bridgehead atoms. The Kier molecular flexibility index (Phi) is 5.74. The van der Waals surface area contributed by atoms with E-state index in [4.69, 9.17) is 0 Å². The topological polar surface area (TPSA) is 12.0 Å². The first-order valence-electron chi connectivity index (χ1n) is 7.28. The zero-order valence-corrected chi connectivity index (χ0v) is 13.0. The summed E-state index contributed by atoms with van der Waals surface area (Å²) in [5.74, 6) is -0.169. The molecule has 0 saturated heterocycles. The Labute approximate surface area is 124 Å². The second-order valence-electron chi connectivity index (χ2n) is 5.00. The lowest BCUT2D eigenvalue weighted by molar-refractivity contribution is 0.533. The molecule has 0 aliphatic heterocycles. The third kappa shape index (κ3) is 3.90. The second-order valence-corrected chi connectivity index (χ2v) is 5.95. The van der Waals surface area contributed by atoms with Gasteiger partial charge in [0.05, 0.1) is 0 Å². The summed E-state index contributed by atoms with van der Waals surface area (Å²) in [5.41, 5.74) is 2.60. The molecule has 1 N–H and O–H groups in total. The minimum Gasteiger partial charge on any atom is -0.309 e. The summed E-state index contributed by atoms with van der Waals surface area (Å²) in [6.45, 7) is 5.38. The normalized spacial score (nSPS) is 12.6. The molecule has 1 nitrogen and oxygen atoms in total. The number of hydrogen-bond acceptors (Lipinski definition) is 2. The highest BCUT2D eigenvalue weighted by molar-refractivity contribution is 7.10. The van der Waals surface area contributed by atoms with Gasteiger partial charge in [-0.25, -0.2) is 4.39 Å². The smallest absolute Gasteiger partial charge is 0.123 e. The molecule has 0 radical (unpaired) electrons. The van der Waals surface area contributed by atoms with Crippen molar-refractivity contribution in [1.29, 1.82) is 0 Å². The van der Waals surface area contributed by atoms with Gasteiger partial charge in [0.2, 0.25) is 0 Å². The Balaban J connectivity index is 2.17. The van der Waals surface area contributed by atoms with Crippen LogP contribution in [-0.2, 0) is 12.8 Å². The Bertz CT molecular complexity index is 518. The van der Waals surface area contributed by atoms with E-state index >= 15 is 0 Å². The van der Waals surface area contributed by atoms with Crippen molar-refractivity contribution in [3.8, 4) is 0 Å². The molecular formula is C17H22FNS. The summed E-state index contributed by atoms with van der Waals surface area (Å²) in [7, 11) is 0. The van der Waals surface area contributed by atoms with Crippen molar-refractivity contribution in [1.82, 2.24) is 5.32 Å². The van der Waals surface area contributed by atoms with Crippen LogP contribution in [0, 0.1) is 5.82 Å². The second kappa shape index (κ2) is 7.55. The lowest BCUT2D eigenvalue weighted by Gasteiger charge is -2.19. The number of nitrogens with one attached hydrogen (secondary N) is 1. The summed E-state index contributed by atoms with van der Waals surface area (Å²) < 4.78 is 13.0. The van der Waals surface area contributed by atoms with E-state index in [1.807, 2.05) is 23.5 Å². The Hall–Kier alpha value is -1.19. The fourth-order valence-electron chi connectivity index (χ4n) is 2.38. The molecule has 1 heterocycles. The highest BCUT2D eigenvalue weighted by Crippen LogP contribution is 2.28. The first kappa shape index (κ1) is 15.2. The summed E-state index contributed by atoms with van der Waals surface area (Å²) in [6, 6.07) is 9.40. The van der Waals surface area contributed by atoms with Crippen LogP contribution in [0.5, 0.6) is 0 Å². The van der Waals surface area contributed by atoms with E-state index in [9.17, 15) is 4.39 Å². The Morgan fingerprint density at radius 3 is 2.55 bits per heavy atom. The first-order valence-corrected chi connectivity index (χ1v) is 8.16. The molecule has 0 aliphatic carbocycles. The molecular weight excluding hydrogens is 269 g/mol. The number of hydrogen-bond donors (Lipinski definition) is 1. The monoisotopic (exact) mass is 291 g/mol. The maximum Gasteiger partial charge on any atom is 0.123 e. The number of aryl methyl sites for hydroxylation is 1. The van der Waals surface area contributed by atoms with Crippen molar-refractivity contribution in [2.24, 2.45) is 0 Å². The third-order valence-electron chi connectivity index (χ3n) is 3.47. The molecule has 1 aromatic heterocycles. The van der Waals surface area contributed by atoms with Crippen LogP contribution in [0.15, 0.2) is 35.7 Å². The molecule has 0 saturated carbocycles. The molecule has 2 aromatic rings. The minimum atomic E-state index is -0.169. The molecule has 3 heteroatoms. The van der Waals surface area contributed by atoms with Gasteiger partial charge in [-0.1, -0.05) is 26.0 Å². The number of benzene rings is 1. The summed E-state index contributed by atoms with van der Waals surface area (Å²) in [5, 5.41) is 5.79. The van der Waals surface area contributed by atoms with Gasteiger partial charge in [0, 0.05) is 10.9 Å². The van der Waals surface area contributed by atoms with Gasteiger partial charge < -0.3 is 5.32 Å². The van der Waals surface area contributed by atoms with Gasteiger partial charge >= 0.3 is 0 Å². The van der Waals surface area contributed by atoms with E-state index in [0.29, 0.717) is 6.04 Å². The molecule has 2 rings (SSSR count). The lowest BCUT2D eigenvalue weighted by atomic mass is 10.0. The number of thiophene rings is 1. The molecule has 0 aliphatic rings. The van der Waals surface area contributed by atoms with E-state index in [1.165, 1.54) is 16.0 Å². The average Bonchev–Trinajstić information content (AvgIpc) is 2.94. The Morgan fingerprint density at radius 2 is 1.90 bits per heavy atom. The maximum absolute atomic E-state index is 13.0.